The molecule has 1 aromatic carbocycles. The number of rotatable bonds is 5. The second-order valence-corrected chi connectivity index (χ2v) is 7.16. The van der Waals surface area contributed by atoms with E-state index < -0.39 is 0 Å². The van der Waals surface area contributed by atoms with Crippen LogP contribution in [0.15, 0.2) is 30.5 Å². The molecule has 2 aliphatic rings. The Morgan fingerprint density at radius 3 is 2.54 bits per heavy atom. The van der Waals surface area contributed by atoms with E-state index in [1.807, 2.05) is 12.1 Å². The molecule has 0 aliphatic carbocycles. The van der Waals surface area contributed by atoms with Crippen molar-refractivity contribution in [1.29, 1.82) is 0 Å². The molecule has 2 fully saturated rings. The molecule has 0 saturated carbocycles. The minimum Gasteiger partial charge on any atom is -0.379 e. The first kappa shape index (κ1) is 17.6. The Kier molecular flexibility index (Phi) is 5.62. The van der Waals surface area contributed by atoms with E-state index in [1.54, 1.807) is 0 Å². The molecular formula is C20H27FN4O. The molecule has 2 aliphatic heterocycles. The van der Waals surface area contributed by atoms with Gasteiger partial charge in [-0.3, -0.25) is 4.90 Å². The van der Waals surface area contributed by atoms with Crippen LogP contribution in [0.4, 0.5) is 4.39 Å². The predicted octanol–water partition coefficient (Wildman–Crippen LogP) is 2.49. The van der Waals surface area contributed by atoms with Crippen LogP contribution in [0.25, 0.3) is 11.3 Å². The molecule has 140 valence electrons. The number of nitrogens with one attached hydrogen (secondary N) is 1. The average molecular weight is 358 g/mol. The molecule has 0 radical (unpaired) electrons. The SMILES string of the molecule is Fc1ccc(-c2cn(CCN3CCOCC3)c(C3CCNCC3)n2)cc1. The fourth-order valence-corrected chi connectivity index (χ4v) is 3.85. The quantitative estimate of drug-likeness (QED) is 0.892. The number of morpholine rings is 1. The van der Waals surface area contributed by atoms with Gasteiger partial charge in [0.1, 0.15) is 11.6 Å². The van der Waals surface area contributed by atoms with Crippen LogP contribution in [0.2, 0.25) is 0 Å². The van der Waals surface area contributed by atoms with Crippen molar-refractivity contribution in [2.45, 2.75) is 25.3 Å². The van der Waals surface area contributed by atoms with Crippen molar-refractivity contribution in [3.63, 3.8) is 0 Å². The second kappa shape index (κ2) is 8.29. The number of aromatic nitrogens is 2. The monoisotopic (exact) mass is 358 g/mol. The van der Waals surface area contributed by atoms with Gasteiger partial charge in [0.05, 0.1) is 18.9 Å². The van der Waals surface area contributed by atoms with Crippen LogP contribution in [0.5, 0.6) is 0 Å². The van der Waals surface area contributed by atoms with E-state index in [0.29, 0.717) is 5.92 Å². The molecular weight excluding hydrogens is 331 g/mol. The summed E-state index contributed by atoms with van der Waals surface area (Å²) in [7, 11) is 0. The first-order chi connectivity index (χ1) is 12.8. The number of benzene rings is 1. The van der Waals surface area contributed by atoms with Gasteiger partial charge in [0, 0.05) is 43.9 Å². The molecule has 1 N–H and O–H groups in total. The summed E-state index contributed by atoms with van der Waals surface area (Å²) in [4.78, 5) is 7.42. The summed E-state index contributed by atoms with van der Waals surface area (Å²) >= 11 is 0. The van der Waals surface area contributed by atoms with Gasteiger partial charge in [-0.05, 0) is 50.2 Å². The van der Waals surface area contributed by atoms with E-state index in [0.717, 1.165) is 76.6 Å². The van der Waals surface area contributed by atoms with Crippen LogP contribution in [-0.4, -0.2) is 60.4 Å². The smallest absolute Gasteiger partial charge is 0.123 e. The van der Waals surface area contributed by atoms with Gasteiger partial charge in [-0.25, -0.2) is 9.37 Å². The molecule has 2 saturated heterocycles. The topological polar surface area (TPSA) is 42.3 Å². The van der Waals surface area contributed by atoms with E-state index in [9.17, 15) is 4.39 Å². The van der Waals surface area contributed by atoms with Crippen molar-refractivity contribution in [3.8, 4) is 11.3 Å². The highest BCUT2D eigenvalue weighted by molar-refractivity contribution is 5.58. The van der Waals surface area contributed by atoms with Crippen LogP contribution in [0.1, 0.15) is 24.6 Å². The van der Waals surface area contributed by atoms with Gasteiger partial charge in [0.2, 0.25) is 0 Å². The third-order valence-corrected chi connectivity index (χ3v) is 5.41. The molecule has 6 heteroatoms. The maximum Gasteiger partial charge on any atom is 0.123 e. The summed E-state index contributed by atoms with van der Waals surface area (Å²) in [5.74, 6) is 1.47. The van der Waals surface area contributed by atoms with Gasteiger partial charge in [-0.1, -0.05) is 0 Å². The van der Waals surface area contributed by atoms with E-state index in [2.05, 4.69) is 21.0 Å². The molecule has 0 bridgehead atoms. The van der Waals surface area contributed by atoms with Gasteiger partial charge in [-0.15, -0.1) is 0 Å². The highest BCUT2D eigenvalue weighted by atomic mass is 19.1. The number of hydrogen-bond donors (Lipinski definition) is 1. The normalized spacial score (nSPS) is 19.7. The fourth-order valence-electron chi connectivity index (χ4n) is 3.85. The zero-order valence-corrected chi connectivity index (χ0v) is 15.2. The lowest BCUT2D eigenvalue weighted by Crippen LogP contribution is -2.38. The first-order valence-electron chi connectivity index (χ1n) is 9.63. The van der Waals surface area contributed by atoms with E-state index in [-0.39, 0.29) is 5.82 Å². The van der Waals surface area contributed by atoms with Gasteiger partial charge in [0.25, 0.3) is 0 Å². The zero-order chi connectivity index (χ0) is 17.8. The number of piperidine rings is 1. The maximum atomic E-state index is 13.3. The molecule has 0 atom stereocenters. The van der Waals surface area contributed by atoms with Crippen LogP contribution in [0, 0.1) is 5.82 Å². The fraction of sp³-hybridized carbons (Fsp3) is 0.550. The largest absolute Gasteiger partial charge is 0.379 e. The van der Waals surface area contributed by atoms with Gasteiger partial charge in [0.15, 0.2) is 0 Å². The standard InChI is InChI=1S/C20H27FN4O/c21-18-3-1-16(2-4-18)19-15-25(10-9-24-11-13-26-14-12-24)20(23-19)17-5-7-22-8-6-17/h1-4,15,17,22H,5-14H2. The van der Waals surface area contributed by atoms with Gasteiger partial charge < -0.3 is 14.6 Å². The molecule has 1 aromatic heterocycles. The summed E-state index contributed by atoms with van der Waals surface area (Å²) in [5, 5.41) is 3.43. The summed E-state index contributed by atoms with van der Waals surface area (Å²) in [6, 6.07) is 6.64. The van der Waals surface area contributed by atoms with E-state index in [1.165, 1.54) is 18.0 Å². The molecule has 26 heavy (non-hydrogen) atoms. The predicted molar refractivity (Wildman–Crippen MR) is 99.7 cm³/mol. The third kappa shape index (κ3) is 4.14. The minimum atomic E-state index is -0.209. The van der Waals surface area contributed by atoms with Crippen molar-refractivity contribution in [2.24, 2.45) is 0 Å². The maximum absolute atomic E-state index is 13.3. The van der Waals surface area contributed by atoms with Crippen LogP contribution in [0.3, 0.4) is 0 Å². The summed E-state index contributed by atoms with van der Waals surface area (Å²) in [6.45, 7) is 7.70. The van der Waals surface area contributed by atoms with Crippen molar-refractivity contribution >= 4 is 0 Å². The Balaban J connectivity index is 1.55. The Hall–Kier alpha value is -1.76. The molecule has 0 amide bonds. The van der Waals surface area contributed by atoms with Crippen molar-refractivity contribution in [1.82, 2.24) is 19.8 Å². The number of halogens is 1. The Bertz CT molecular complexity index is 703. The summed E-state index contributed by atoms with van der Waals surface area (Å²) in [6.07, 6.45) is 4.39. The molecule has 2 aromatic rings. The first-order valence-corrected chi connectivity index (χ1v) is 9.63. The van der Waals surface area contributed by atoms with E-state index >= 15 is 0 Å². The average Bonchev–Trinajstić information content (AvgIpc) is 3.13. The molecule has 4 rings (SSSR count). The summed E-state index contributed by atoms with van der Waals surface area (Å²) < 4.78 is 21.0. The van der Waals surface area contributed by atoms with Crippen LogP contribution in [-0.2, 0) is 11.3 Å². The Morgan fingerprint density at radius 1 is 1.08 bits per heavy atom. The number of hydrogen-bond acceptors (Lipinski definition) is 4. The van der Waals surface area contributed by atoms with Crippen LogP contribution >= 0.6 is 0 Å². The number of nitrogens with zero attached hydrogens (tertiary/aromatic N) is 3. The molecule has 0 unspecified atom stereocenters. The van der Waals surface area contributed by atoms with Crippen LogP contribution < -0.4 is 5.32 Å². The molecule has 0 spiro atoms. The highest BCUT2D eigenvalue weighted by Gasteiger charge is 2.22. The lowest BCUT2D eigenvalue weighted by molar-refractivity contribution is 0.0362. The number of ether oxygens (including phenoxy) is 1. The van der Waals surface area contributed by atoms with Gasteiger partial charge >= 0.3 is 0 Å². The Morgan fingerprint density at radius 2 is 1.81 bits per heavy atom. The number of imidazole rings is 1. The summed E-state index contributed by atoms with van der Waals surface area (Å²) in [5.41, 5.74) is 1.92. The lowest BCUT2D eigenvalue weighted by atomic mass is 9.97. The lowest BCUT2D eigenvalue weighted by Gasteiger charge is -2.28. The Labute approximate surface area is 154 Å². The zero-order valence-electron chi connectivity index (χ0n) is 15.2. The third-order valence-electron chi connectivity index (χ3n) is 5.41. The van der Waals surface area contributed by atoms with Crippen molar-refractivity contribution < 1.29 is 9.13 Å². The molecule has 5 nitrogen and oxygen atoms in total. The van der Waals surface area contributed by atoms with Crippen molar-refractivity contribution in [2.75, 3.05) is 45.9 Å². The van der Waals surface area contributed by atoms with Gasteiger partial charge in [-0.2, -0.15) is 0 Å². The minimum absolute atomic E-state index is 0.209. The van der Waals surface area contributed by atoms with E-state index in [4.69, 9.17) is 9.72 Å². The van der Waals surface area contributed by atoms with Crippen molar-refractivity contribution in [3.05, 3.63) is 42.1 Å². The second-order valence-electron chi connectivity index (χ2n) is 7.16. The molecule has 3 heterocycles. The highest BCUT2D eigenvalue weighted by Crippen LogP contribution is 2.28.